The van der Waals surface area contributed by atoms with E-state index in [2.05, 4.69) is 19.0 Å². The van der Waals surface area contributed by atoms with Gasteiger partial charge in [0.05, 0.1) is 13.2 Å². The number of amides is 2. The average Bonchev–Trinajstić information content (AvgIpc) is 3.13. The zero-order valence-corrected chi connectivity index (χ0v) is 32.7. The van der Waals surface area contributed by atoms with Crippen LogP contribution in [0.25, 0.3) is 0 Å². The van der Waals surface area contributed by atoms with Crippen molar-refractivity contribution in [3.8, 4) is 0 Å². The van der Waals surface area contributed by atoms with Gasteiger partial charge in [0.15, 0.2) is 37.4 Å². The number of aliphatic carboxylic acids is 2. The number of carbonyl (C=O) groups is 4. The average molecular weight is 937 g/mol. The van der Waals surface area contributed by atoms with Crippen molar-refractivity contribution in [1.29, 1.82) is 0 Å². The summed E-state index contributed by atoms with van der Waals surface area (Å²) in [5, 5.41) is 108. The third-order valence-electron chi connectivity index (χ3n) is 9.35. The first-order valence-electron chi connectivity index (χ1n) is 17.4. The smallest absolute Gasteiger partial charge is 0.397 e. The van der Waals surface area contributed by atoms with Crippen molar-refractivity contribution in [1.82, 2.24) is 10.6 Å². The van der Waals surface area contributed by atoms with E-state index < -0.39 is 180 Å². The van der Waals surface area contributed by atoms with Crippen LogP contribution in [0.4, 0.5) is 0 Å². The summed E-state index contributed by atoms with van der Waals surface area (Å²) in [6, 6.07) is -4.04. The number of carboxylic acid groups (broad SMARTS) is 2. The molecule has 31 nitrogen and oxygen atoms in total. The predicted molar refractivity (Wildman–Crippen MR) is 179 cm³/mol. The number of carboxylic acids is 2. The van der Waals surface area contributed by atoms with Crippen LogP contribution in [0.1, 0.15) is 13.8 Å². The lowest BCUT2D eigenvalue weighted by molar-refractivity contribution is -0.367. The van der Waals surface area contributed by atoms with Gasteiger partial charge in [-0.05, 0) is 0 Å². The number of carbonyl (C=O) groups excluding carboxylic acids is 2. The van der Waals surface area contributed by atoms with Crippen molar-refractivity contribution in [2.75, 3.05) is 13.2 Å². The monoisotopic (exact) mass is 936 g/mol. The normalized spacial score (nSPS) is 42.3. The molecule has 14 N–H and O–H groups in total. The molecule has 4 rings (SSSR count). The van der Waals surface area contributed by atoms with E-state index in [9.17, 15) is 96.2 Å². The Morgan fingerprint density at radius 3 is 1.38 bits per heavy atom. The Labute approximate surface area is 342 Å². The first kappa shape index (κ1) is 50.7. The SMILES string of the molecule is CC(=O)NC1[C@H](O[C@@H]2C(C(=O)O)O[C@@H](O[C@@H]3C(NC(C)=O)[C@H](O)OC(CO)[C@@H]3OS(=O)(=O)O)C(O)[C@H]2O)OC(CO)[C@H](OS(=O)(=O)O)[C@@H]1O[C@@H]1OC(C(=O)O)[C@@H](O)[C@H](O)C1O. The lowest BCUT2D eigenvalue weighted by Crippen LogP contribution is -2.71. The summed E-state index contributed by atoms with van der Waals surface area (Å²) < 4.78 is 113. The quantitative estimate of drug-likeness (QED) is 0.0639. The van der Waals surface area contributed by atoms with Gasteiger partial charge in [0.25, 0.3) is 0 Å². The fraction of sp³-hybridized carbons (Fsp3) is 0.857. The van der Waals surface area contributed by atoms with Gasteiger partial charge in [0.2, 0.25) is 11.8 Å². The van der Waals surface area contributed by atoms with E-state index >= 15 is 0 Å². The Kier molecular flexibility index (Phi) is 16.8. The van der Waals surface area contributed by atoms with Crippen LogP contribution >= 0.6 is 0 Å². The van der Waals surface area contributed by atoms with E-state index in [1.165, 1.54) is 0 Å². The molecule has 0 aromatic heterocycles. The van der Waals surface area contributed by atoms with Crippen LogP contribution < -0.4 is 10.6 Å². The van der Waals surface area contributed by atoms with Gasteiger partial charge in [-0.15, -0.1) is 0 Å². The molecule has 4 fully saturated rings. The standard InChI is InChI=1S/C28H44N2O29S2/c1-5(33)29-9-18(16(58-60(45,46)47)7(3-31)51-25(9)44)53-28-15(39)13(37)20(22(57-28)24(42)43)55-26-10(30-6(2)34)19(17(8(4-32)52-26)59-61(48,49)50)54-27-14(38)11(35)12(36)21(56-27)23(40)41/h7-22,25-28,31-32,35-39,44H,3-4H2,1-2H3,(H,29,33)(H,30,34)(H,40,41)(H,42,43)(H,45,46,47)(H,48,49,50)/t7?,8?,9?,10?,11-,12-,13+,14?,15?,16-,17-,18+,19+,20-,21?,22?,25+,26-,27+,28+/m0/s1. The van der Waals surface area contributed by atoms with Gasteiger partial charge in [-0.1, -0.05) is 0 Å². The van der Waals surface area contributed by atoms with E-state index in [0.717, 1.165) is 13.8 Å². The summed E-state index contributed by atoms with van der Waals surface area (Å²) in [4.78, 5) is 48.9. The lowest BCUT2D eigenvalue weighted by atomic mass is 9.94. The number of aliphatic hydroxyl groups excluding tert-OH is 8. The highest BCUT2D eigenvalue weighted by molar-refractivity contribution is 7.81. The largest absolute Gasteiger partial charge is 0.479 e. The van der Waals surface area contributed by atoms with Gasteiger partial charge in [0, 0.05) is 13.8 Å². The maximum Gasteiger partial charge on any atom is 0.397 e. The van der Waals surface area contributed by atoms with Crippen LogP contribution in [0, 0.1) is 0 Å². The molecular weight excluding hydrogens is 892 g/mol. The maximum atomic E-state index is 12.6. The molecule has 0 aliphatic carbocycles. The molecule has 0 saturated carbocycles. The van der Waals surface area contributed by atoms with E-state index in [0.29, 0.717) is 0 Å². The van der Waals surface area contributed by atoms with E-state index in [1.807, 2.05) is 0 Å². The Morgan fingerprint density at radius 1 is 0.525 bits per heavy atom. The minimum Gasteiger partial charge on any atom is -0.479 e. The minimum atomic E-state index is -5.60. The van der Waals surface area contributed by atoms with Crippen LogP contribution in [0.15, 0.2) is 0 Å². The van der Waals surface area contributed by atoms with E-state index in [1.54, 1.807) is 0 Å². The van der Waals surface area contributed by atoms with Gasteiger partial charge in [0.1, 0.15) is 85.3 Å². The third-order valence-corrected chi connectivity index (χ3v) is 10.3. The van der Waals surface area contributed by atoms with Crippen molar-refractivity contribution >= 4 is 44.6 Å². The highest BCUT2D eigenvalue weighted by Gasteiger charge is 2.59. The number of aliphatic hydroxyl groups is 8. The van der Waals surface area contributed by atoms with Crippen molar-refractivity contribution < 1.29 is 138 Å². The summed E-state index contributed by atoms with van der Waals surface area (Å²) in [5.74, 6) is -5.99. The predicted octanol–water partition coefficient (Wildman–Crippen LogP) is -9.62. The molecule has 352 valence electrons. The molecule has 0 radical (unpaired) electrons. The van der Waals surface area contributed by atoms with Crippen LogP contribution in [0.3, 0.4) is 0 Å². The molecule has 4 aliphatic rings. The van der Waals surface area contributed by atoms with Gasteiger partial charge in [-0.2, -0.15) is 16.8 Å². The summed E-state index contributed by atoms with van der Waals surface area (Å²) >= 11 is 0. The van der Waals surface area contributed by atoms with Crippen molar-refractivity contribution in [2.24, 2.45) is 0 Å². The Balaban J connectivity index is 1.73. The van der Waals surface area contributed by atoms with Gasteiger partial charge < -0.3 is 94.9 Å². The maximum absolute atomic E-state index is 12.6. The summed E-state index contributed by atoms with van der Waals surface area (Å²) in [6.07, 6.45) is -41.8. The Bertz CT molecular complexity index is 1790. The molecule has 0 aromatic rings. The van der Waals surface area contributed by atoms with Crippen LogP contribution in [0.5, 0.6) is 0 Å². The van der Waals surface area contributed by atoms with Crippen LogP contribution in [-0.4, -0.2) is 237 Å². The molecular formula is C28H44N2O29S2. The van der Waals surface area contributed by atoms with Crippen molar-refractivity contribution in [3.63, 3.8) is 0 Å². The van der Waals surface area contributed by atoms with E-state index in [4.69, 9.17) is 33.2 Å². The second kappa shape index (κ2) is 20.2. The number of rotatable bonds is 16. The highest BCUT2D eigenvalue weighted by Crippen LogP contribution is 2.36. The molecule has 20 atom stereocenters. The molecule has 0 aromatic carbocycles. The molecule has 2 amide bonds. The van der Waals surface area contributed by atoms with Crippen LogP contribution in [0.2, 0.25) is 0 Å². The molecule has 0 bridgehead atoms. The van der Waals surface area contributed by atoms with Gasteiger partial charge in [-0.25, -0.2) is 18.0 Å². The molecule has 0 spiro atoms. The second-order valence-corrected chi connectivity index (χ2v) is 15.8. The minimum absolute atomic E-state index is 0.823. The molecule has 33 heteroatoms. The van der Waals surface area contributed by atoms with Crippen molar-refractivity contribution in [2.45, 2.75) is 137 Å². The first-order valence-corrected chi connectivity index (χ1v) is 20.1. The molecule has 8 unspecified atom stereocenters. The number of nitrogens with one attached hydrogen (secondary N) is 2. The van der Waals surface area contributed by atoms with Gasteiger partial charge in [-0.3, -0.25) is 18.7 Å². The van der Waals surface area contributed by atoms with Crippen LogP contribution in [-0.2, 0) is 81.5 Å². The second-order valence-electron chi connectivity index (χ2n) is 13.7. The Morgan fingerprint density at radius 2 is 0.934 bits per heavy atom. The summed E-state index contributed by atoms with van der Waals surface area (Å²) in [6.45, 7) is -0.754. The fourth-order valence-corrected chi connectivity index (χ4v) is 7.80. The topological polar surface area (TPSA) is 486 Å². The third kappa shape index (κ3) is 12.2. The number of ether oxygens (including phenoxy) is 7. The molecule has 4 heterocycles. The lowest BCUT2D eigenvalue weighted by Gasteiger charge is -2.50. The zero-order valence-electron chi connectivity index (χ0n) is 31.1. The number of hydrogen-bond donors (Lipinski definition) is 14. The summed E-state index contributed by atoms with van der Waals surface area (Å²) in [7, 11) is -11.1. The van der Waals surface area contributed by atoms with Gasteiger partial charge >= 0.3 is 32.7 Å². The summed E-state index contributed by atoms with van der Waals surface area (Å²) in [5.41, 5.74) is 0. The molecule has 61 heavy (non-hydrogen) atoms. The molecule has 4 aliphatic heterocycles. The zero-order chi connectivity index (χ0) is 46.0. The van der Waals surface area contributed by atoms with Crippen molar-refractivity contribution in [3.05, 3.63) is 0 Å². The first-order chi connectivity index (χ1) is 28.2. The van der Waals surface area contributed by atoms with E-state index in [-0.39, 0.29) is 0 Å². The number of hydrogen-bond acceptors (Lipinski definition) is 25. The highest BCUT2D eigenvalue weighted by atomic mass is 32.3. The Hall–Kier alpha value is -2.98. The fourth-order valence-electron chi connectivity index (χ4n) is 6.78. The molecule has 4 saturated heterocycles.